The van der Waals surface area contributed by atoms with E-state index >= 15 is 0 Å². The van der Waals surface area contributed by atoms with E-state index in [1.165, 1.54) is 5.56 Å². The number of hydrogen-bond donors (Lipinski definition) is 1. The minimum Gasteiger partial charge on any atom is -0.392 e. The molecule has 2 fully saturated rings. The van der Waals surface area contributed by atoms with Crippen LogP contribution in [0, 0.1) is 11.8 Å². The molecule has 0 aromatic heterocycles. The van der Waals surface area contributed by atoms with E-state index in [2.05, 4.69) is 6.07 Å². The number of amides is 2. The number of hydrogen-bond acceptors (Lipinski definition) is 3. The van der Waals surface area contributed by atoms with Crippen LogP contribution in [0.25, 0.3) is 0 Å². The molecule has 2 aliphatic heterocycles. The lowest BCUT2D eigenvalue weighted by atomic mass is 9.93. The summed E-state index contributed by atoms with van der Waals surface area (Å²) in [6.45, 7) is 2.04. The predicted octanol–water partition coefficient (Wildman–Crippen LogP) is 1.98. The van der Waals surface area contributed by atoms with Crippen molar-refractivity contribution in [3.05, 3.63) is 29.8 Å². The highest BCUT2D eigenvalue weighted by Gasteiger charge is 2.38. The van der Waals surface area contributed by atoms with E-state index in [-0.39, 0.29) is 23.7 Å². The number of nitrogens with zero attached hydrogens (tertiary/aromatic N) is 2. The third-order valence-corrected chi connectivity index (χ3v) is 6.11. The zero-order valence-electron chi connectivity index (χ0n) is 14.6. The number of anilines is 1. The maximum Gasteiger partial charge on any atom is 0.230 e. The smallest absolute Gasteiger partial charge is 0.230 e. The number of likely N-dealkylation sites (tertiary alicyclic amines) is 1. The van der Waals surface area contributed by atoms with Crippen LogP contribution in [0.4, 0.5) is 5.69 Å². The first kappa shape index (κ1) is 16.6. The van der Waals surface area contributed by atoms with Crippen LogP contribution in [-0.4, -0.2) is 47.6 Å². The second-order valence-corrected chi connectivity index (χ2v) is 7.57. The van der Waals surface area contributed by atoms with E-state index in [4.69, 9.17) is 0 Å². The Labute approximate surface area is 148 Å². The highest BCUT2D eigenvalue weighted by molar-refractivity contribution is 5.97. The topological polar surface area (TPSA) is 60.9 Å². The van der Waals surface area contributed by atoms with Gasteiger partial charge in [-0.15, -0.1) is 0 Å². The van der Waals surface area contributed by atoms with Crippen LogP contribution < -0.4 is 4.90 Å². The summed E-state index contributed by atoms with van der Waals surface area (Å²) in [4.78, 5) is 29.3. The number of aliphatic hydroxyl groups excluding tert-OH is 1. The van der Waals surface area contributed by atoms with Crippen molar-refractivity contribution < 1.29 is 14.7 Å². The van der Waals surface area contributed by atoms with Gasteiger partial charge in [0.25, 0.3) is 0 Å². The molecular formula is C20H26N2O3. The highest BCUT2D eigenvalue weighted by Crippen LogP contribution is 2.32. The van der Waals surface area contributed by atoms with Crippen molar-refractivity contribution in [2.24, 2.45) is 11.8 Å². The van der Waals surface area contributed by atoms with Gasteiger partial charge in [0, 0.05) is 31.2 Å². The second kappa shape index (κ2) is 6.79. The van der Waals surface area contributed by atoms with Crippen molar-refractivity contribution in [3.8, 4) is 0 Å². The Morgan fingerprint density at radius 1 is 0.960 bits per heavy atom. The zero-order chi connectivity index (χ0) is 17.4. The number of aliphatic hydroxyl groups is 1. The zero-order valence-corrected chi connectivity index (χ0v) is 14.6. The molecule has 3 aliphatic rings. The van der Waals surface area contributed by atoms with Crippen molar-refractivity contribution in [2.45, 2.75) is 44.6 Å². The molecule has 1 aliphatic carbocycles. The van der Waals surface area contributed by atoms with E-state index in [1.807, 2.05) is 28.0 Å². The van der Waals surface area contributed by atoms with Crippen LogP contribution in [0.3, 0.4) is 0 Å². The summed E-state index contributed by atoms with van der Waals surface area (Å²) < 4.78 is 0. The van der Waals surface area contributed by atoms with Gasteiger partial charge in [0.05, 0.1) is 12.0 Å². The summed E-state index contributed by atoms with van der Waals surface area (Å²) in [5.41, 5.74) is 2.30. The normalized spacial score (nSPS) is 26.8. The van der Waals surface area contributed by atoms with Crippen LogP contribution in [0.15, 0.2) is 24.3 Å². The Hall–Kier alpha value is -1.88. The van der Waals surface area contributed by atoms with Gasteiger partial charge < -0.3 is 14.9 Å². The quantitative estimate of drug-likeness (QED) is 0.894. The average Bonchev–Trinajstić information content (AvgIpc) is 3.27. The number of piperidine rings is 1. The molecule has 134 valence electrons. The summed E-state index contributed by atoms with van der Waals surface area (Å²) in [5.74, 6) is 0.0711. The van der Waals surface area contributed by atoms with Gasteiger partial charge in [0.1, 0.15) is 0 Å². The lowest BCUT2D eigenvalue weighted by Gasteiger charge is -2.35. The minimum atomic E-state index is -0.479. The molecule has 2 heterocycles. The third-order valence-electron chi connectivity index (χ3n) is 6.11. The van der Waals surface area contributed by atoms with Gasteiger partial charge in [-0.3, -0.25) is 9.59 Å². The molecule has 0 radical (unpaired) electrons. The second-order valence-electron chi connectivity index (χ2n) is 7.57. The lowest BCUT2D eigenvalue weighted by Crippen LogP contribution is -2.46. The molecule has 2 amide bonds. The van der Waals surface area contributed by atoms with E-state index in [1.54, 1.807) is 0 Å². The Bertz CT molecular complexity index is 667. The predicted molar refractivity (Wildman–Crippen MR) is 95.2 cm³/mol. The Morgan fingerprint density at radius 3 is 2.44 bits per heavy atom. The van der Waals surface area contributed by atoms with Crippen molar-refractivity contribution in [3.63, 3.8) is 0 Å². The molecule has 1 aromatic rings. The van der Waals surface area contributed by atoms with Crippen molar-refractivity contribution in [1.82, 2.24) is 4.90 Å². The molecule has 0 spiro atoms. The van der Waals surface area contributed by atoms with Crippen molar-refractivity contribution >= 4 is 17.5 Å². The minimum absolute atomic E-state index is 0.00343. The van der Waals surface area contributed by atoms with Crippen LogP contribution in [0.5, 0.6) is 0 Å². The van der Waals surface area contributed by atoms with Crippen molar-refractivity contribution in [1.29, 1.82) is 0 Å². The summed E-state index contributed by atoms with van der Waals surface area (Å²) in [5, 5.41) is 9.96. The van der Waals surface area contributed by atoms with E-state index in [0.717, 1.165) is 50.8 Å². The van der Waals surface area contributed by atoms with Gasteiger partial charge >= 0.3 is 0 Å². The van der Waals surface area contributed by atoms with Gasteiger partial charge in [0.15, 0.2) is 0 Å². The molecule has 2 unspecified atom stereocenters. The van der Waals surface area contributed by atoms with E-state index < -0.39 is 6.10 Å². The fourth-order valence-electron chi connectivity index (χ4n) is 4.60. The standard InChI is InChI=1S/C20H26N2O3/c23-18-7-3-5-16(18)20(25)21-11-8-15(9-12-21)19(24)22-13-10-14-4-1-2-6-17(14)22/h1-2,4,6,15-16,18,23H,3,5,7-13H2. The average molecular weight is 342 g/mol. The Balaban J connectivity index is 1.36. The fourth-order valence-corrected chi connectivity index (χ4v) is 4.60. The number of carbonyl (C=O) groups excluding carboxylic acids is 2. The van der Waals surface area contributed by atoms with Crippen LogP contribution in [-0.2, 0) is 16.0 Å². The van der Waals surface area contributed by atoms with Gasteiger partial charge in [-0.2, -0.15) is 0 Å². The largest absolute Gasteiger partial charge is 0.392 e. The van der Waals surface area contributed by atoms with Crippen LogP contribution in [0.2, 0.25) is 0 Å². The summed E-state index contributed by atoms with van der Waals surface area (Å²) in [7, 11) is 0. The Morgan fingerprint density at radius 2 is 1.72 bits per heavy atom. The number of carbonyl (C=O) groups is 2. The molecule has 4 rings (SSSR count). The van der Waals surface area contributed by atoms with Gasteiger partial charge in [-0.25, -0.2) is 0 Å². The summed E-state index contributed by atoms with van der Waals surface area (Å²) in [6, 6.07) is 8.13. The monoisotopic (exact) mass is 342 g/mol. The maximum atomic E-state index is 12.9. The van der Waals surface area contributed by atoms with Gasteiger partial charge in [-0.05, 0) is 50.2 Å². The molecule has 25 heavy (non-hydrogen) atoms. The summed E-state index contributed by atoms with van der Waals surface area (Å²) in [6.07, 6.45) is 4.37. The molecular weight excluding hydrogens is 316 g/mol. The summed E-state index contributed by atoms with van der Waals surface area (Å²) >= 11 is 0. The molecule has 1 saturated heterocycles. The SMILES string of the molecule is O=C(C1CCCC1O)N1CCC(C(=O)N2CCc3ccccc32)CC1. The lowest BCUT2D eigenvalue weighted by molar-refractivity contribution is -0.141. The first-order valence-corrected chi connectivity index (χ1v) is 9.51. The molecule has 2 atom stereocenters. The van der Waals surface area contributed by atoms with E-state index in [9.17, 15) is 14.7 Å². The maximum absolute atomic E-state index is 12.9. The molecule has 1 aromatic carbocycles. The van der Waals surface area contributed by atoms with Gasteiger partial charge in [0.2, 0.25) is 11.8 Å². The van der Waals surface area contributed by atoms with Crippen LogP contribution >= 0.6 is 0 Å². The molecule has 1 saturated carbocycles. The molecule has 0 bridgehead atoms. The van der Waals surface area contributed by atoms with Crippen LogP contribution in [0.1, 0.15) is 37.7 Å². The fraction of sp³-hybridized carbons (Fsp3) is 0.600. The number of fused-ring (bicyclic) bond motifs is 1. The number of benzene rings is 1. The van der Waals surface area contributed by atoms with Gasteiger partial charge in [-0.1, -0.05) is 18.2 Å². The molecule has 1 N–H and O–H groups in total. The Kier molecular flexibility index (Phi) is 4.50. The molecule has 5 nitrogen and oxygen atoms in total. The van der Waals surface area contributed by atoms with E-state index in [0.29, 0.717) is 13.1 Å². The highest BCUT2D eigenvalue weighted by atomic mass is 16.3. The number of rotatable bonds is 2. The third kappa shape index (κ3) is 3.06. The number of para-hydroxylation sites is 1. The first-order chi connectivity index (χ1) is 12.1. The molecule has 5 heteroatoms. The van der Waals surface area contributed by atoms with Crippen molar-refractivity contribution in [2.75, 3.05) is 24.5 Å². The first-order valence-electron chi connectivity index (χ1n) is 9.51.